The number of fused-ring (bicyclic) bond motifs is 1. The van der Waals surface area contributed by atoms with Gasteiger partial charge in [-0.1, -0.05) is 42.1 Å². The number of halogens is 2. The molecule has 2 nitrogen and oxygen atoms in total. The van der Waals surface area contributed by atoms with E-state index in [9.17, 15) is 4.79 Å². The predicted octanol–water partition coefficient (Wildman–Crippen LogP) is 4.42. The molecule has 0 amide bonds. The molecule has 3 atom stereocenters. The van der Waals surface area contributed by atoms with Gasteiger partial charge < -0.3 is 5.32 Å². The van der Waals surface area contributed by atoms with Gasteiger partial charge in [0.15, 0.2) is 5.78 Å². The van der Waals surface area contributed by atoms with Crippen LogP contribution in [0, 0.1) is 5.92 Å². The first-order valence-electron chi connectivity index (χ1n) is 7.86. The summed E-state index contributed by atoms with van der Waals surface area (Å²) in [5.74, 6) is 1.03. The highest BCUT2D eigenvalue weighted by atomic mass is 35.5. The molecule has 2 fully saturated rings. The summed E-state index contributed by atoms with van der Waals surface area (Å²) in [6.07, 6.45) is 7.72. The molecule has 2 aliphatic rings. The van der Waals surface area contributed by atoms with Crippen LogP contribution in [-0.2, 0) is 11.2 Å². The molecule has 1 saturated carbocycles. The number of carbonyl (C=O) groups is 1. The minimum atomic E-state index is -0.00362. The van der Waals surface area contributed by atoms with E-state index in [4.69, 9.17) is 23.2 Å². The molecule has 0 bridgehead atoms. The lowest BCUT2D eigenvalue weighted by Crippen LogP contribution is -2.52. The van der Waals surface area contributed by atoms with Crippen molar-refractivity contribution in [2.75, 3.05) is 0 Å². The number of rotatable bonds is 3. The van der Waals surface area contributed by atoms with Gasteiger partial charge in [-0.25, -0.2) is 0 Å². The van der Waals surface area contributed by atoms with Crippen LogP contribution >= 0.6 is 23.2 Å². The summed E-state index contributed by atoms with van der Waals surface area (Å²) in [5.41, 5.74) is 0.874. The van der Waals surface area contributed by atoms with Crippen LogP contribution in [0.5, 0.6) is 0 Å². The molecule has 3 unspecified atom stereocenters. The smallest absolute Gasteiger partial charge is 0.154 e. The van der Waals surface area contributed by atoms with Gasteiger partial charge in [0.25, 0.3) is 0 Å². The molecule has 1 aromatic rings. The highest BCUT2D eigenvalue weighted by Crippen LogP contribution is 2.32. The predicted molar refractivity (Wildman–Crippen MR) is 87.1 cm³/mol. The maximum atomic E-state index is 12.5. The summed E-state index contributed by atoms with van der Waals surface area (Å²) in [6.45, 7) is 0. The second-order valence-corrected chi connectivity index (χ2v) is 7.17. The van der Waals surface area contributed by atoms with Gasteiger partial charge in [-0.3, -0.25) is 4.79 Å². The van der Waals surface area contributed by atoms with Crippen LogP contribution in [0.3, 0.4) is 0 Å². The quantitative estimate of drug-likeness (QED) is 0.891. The fraction of sp³-hybridized carbons (Fsp3) is 0.588. The molecule has 1 aromatic carbocycles. The Bertz CT molecular complexity index is 532. The van der Waals surface area contributed by atoms with Crippen LogP contribution in [0.2, 0.25) is 10.0 Å². The molecule has 1 heterocycles. The fourth-order valence-corrected chi connectivity index (χ4v) is 4.20. The number of nitrogens with one attached hydrogen (secondary N) is 1. The molecular weight excluding hydrogens is 305 g/mol. The van der Waals surface area contributed by atoms with Crippen LogP contribution in [0.4, 0.5) is 0 Å². The number of hydrogen-bond donors (Lipinski definition) is 1. The SMILES string of the molecule is O=C(Cc1ccc(Cl)cc1Cl)C1CCC2CCCCC2N1. The first kappa shape index (κ1) is 15.3. The average molecular weight is 326 g/mol. The van der Waals surface area contributed by atoms with Gasteiger partial charge in [-0.2, -0.15) is 0 Å². The van der Waals surface area contributed by atoms with Crippen LogP contribution in [0.1, 0.15) is 44.1 Å². The molecule has 1 aliphatic heterocycles. The second kappa shape index (κ2) is 6.68. The molecular formula is C17H21Cl2NO. The van der Waals surface area contributed by atoms with E-state index in [1.54, 1.807) is 12.1 Å². The van der Waals surface area contributed by atoms with Crippen molar-refractivity contribution in [1.82, 2.24) is 5.32 Å². The Balaban J connectivity index is 1.63. The van der Waals surface area contributed by atoms with Gasteiger partial charge in [0.1, 0.15) is 0 Å². The normalized spacial score (nSPS) is 29.0. The molecule has 1 N–H and O–H groups in total. The number of benzene rings is 1. The highest BCUT2D eigenvalue weighted by Gasteiger charge is 2.34. The summed E-state index contributed by atoms with van der Waals surface area (Å²) in [4.78, 5) is 12.5. The number of ketones is 1. The maximum absolute atomic E-state index is 12.5. The van der Waals surface area contributed by atoms with Crippen LogP contribution < -0.4 is 5.32 Å². The molecule has 114 valence electrons. The Morgan fingerprint density at radius 2 is 1.95 bits per heavy atom. The molecule has 0 spiro atoms. The lowest BCUT2D eigenvalue weighted by atomic mass is 9.77. The molecule has 0 aromatic heterocycles. The molecule has 3 rings (SSSR count). The minimum absolute atomic E-state index is 0.00362. The van der Waals surface area contributed by atoms with Crippen molar-refractivity contribution in [2.45, 2.75) is 57.0 Å². The van der Waals surface area contributed by atoms with Gasteiger partial charge in [0, 0.05) is 22.5 Å². The van der Waals surface area contributed by atoms with Gasteiger partial charge in [-0.15, -0.1) is 0 Å². The zero-order chi connectivity index (χ0) is 14.8. The van der Waals surface area contributed by atoms with Crippen molar-refractivity contribution >= 4 is 29.0 Å². The van der Waals surface area contributed by atoms with Gasteiger partial charge in [-0.05, 0) is 49.3 Å². The number of Topliss-reactive ketones (excluding diaryl/α,β-unsaturated/α-hetero) is 1. The molecule has 4 heteroatoms. The van der Waals surface area contributed by atoms with E-state index in [2.05, 4.69) is 5.32 Å². The first-order chi connectivity index (χ1) is 10.1. The third-order valence-corrected chi connectivity index (χ3v) is 5.51. The van der Waals surface area contributed by atoms with Gasteiger partial charge in [0.05, 0.1) is 6.04 Å². The summed E-state index contributed by atoms with van der Waals surface area (Å²) in [5, 5.41) is 4.78. The molecule has 1 saturated heterocycles. The van der Waals surface area contributed by atoms with E-state index in [1.807, 2.05) is 6.07 Å². The van der Waals surface area contributed by atoms with E-state index in [0.717, 1.165) is 17.9 Å². The van der Waals surface area contributed by atoms with Crippen LogP contribution in [-0.4, -0.2) is 17.9 Å². The maximum Gasteiger partial charge on any atom is 0.154 e. The second-order valence-electron chi connectivity index (χ2n) is 6.33. The topological polar surface area (TPSA) is 29.1 Å². The van der Waals surface area contributed by atoms with Crippen molar-refractivity contribution in [3.8, 4) is 0 Å². The highest BCUT2D eigenvalue weighted by molar-refractivity contribution is 6.35. The largest absolute Gasteiger partial charge is 0.304 e. The first-order valence-corrected chi connectivity index (χ1v) is 8.62. The third kappa shape index (κ3) is 3.61. The Kier molecular flexibility index (Phi) is 4.88. The summed E-state index contributed by atoms with van der Waals surface area (Å²) >= 11 is 12.1. The minimum Gasteiger partial charge on any atom is -0.304 e. The number of hydrogen-bond acceptors (Lipinski definition) is 2. The van der Waals surface area contributed by atoms with Crippen molar-refractivity contribution in [1.29, 1.82) is 0 Å². The molecule has 21 heavy (non-hydrogen) atoms. The van der Waals surface area contributed by atoms with E-state index in [1.165, 1.54) is 32.1 Å². The van der Waals surface area contributed by atoms with E-state index >= 15 is 0 Å². The third-order valence-electron chi connectivity index (χ3n) is 4.92. The number of piperidine rings is 1. The summed E-state index contributed by atoms with van der Waals surface area (Å²) in [7, 11) is 0. The van der Waals surface area contributed by atoms with Crippen molar-refractivity contribution in [2.24, 2.45) is 5.92 Å². The van der Waals surface area contributed by atoms with E-state index in [-0.39, 0.29) is 11.8 Å². The van der Waals surface area contributed by atoms with Crippen molar-refractivity contribution in [3.63, 3.8) is 0 Å². The Morgan fingerprint density at radius 3 is 2.76 bits per heavy atom. The fourth-order valence-electron chi connectivity index (χ4n) is 3.72. The van der Waals surface area contributed by atoms with Crippen LogP contribution in [0.15, 0.2) is 18.2 Å². The average Bonchev–Trinajstić information content (AvgIpc) is 2.49. The Hall–Kier alpha value is -0.570. The Labute approximate surface area is 136 Å². The monoisotopic (exact) mass is 325 g/mol. The lowest BCUT2D eigenvalue weighted by molar-refractivity contribution is -0.121. The standard InChI is InChI=1S/C17H21Cl2NO/c18-13-7-5-12(14(19)10-13)9-17(21)16-8-6-11-3-1-2-4-15(11)20-16/h5,7,10-11,15-16,20H,1-4,6,8-9H2. The summed E-state index contributed by atoms with van der Waals surface area (Å²) < 4.78 is 0. The zero-order valence-corrected chi connectivity index (χ0v) is 13.6. The van der Waals surface area contributed by atoms with E-state index in [0.29, 0.717) is 22.5 Å². The Morgan fingerprint density at radius 1 is 1.14 bits per heavy atom. The zero-order valence-electron chi connectivity index (χ0n) is 12.1. The van der Waals surface area contributed by atoms with Gasteiger partial charge in [0.2, 0.25) is 0 Å². The number of carbonyl (C=O) groups excluding carboxylic acids is 1. The van der Waals surface area contributed by atoms with E-state index < -0.39 is 0 Å². The summed E-state index contributed by atoms with van der Waals surface area (Å²) in [6, 6.07) is 5.89. The van der Waals surface area contributed by atoms with Gasteiger partial charge >= 0.3 is 0 Å². The molecule has 1 aliphatic carbocycles. The van der Waals surface area contributed by atoms with Crippen molar-refractivity contribution in [3.05, 3.63) is 33.8 Å². The van der Waals surface area contributed by atoms with Crippen LogP contribution in [0.25, 0.3) is 0 Å². The lowest BCUT2D eigenvalue weighted by Gasteiger charge is -2.40. The molecule has 0 radical (unpaired) electrons. The van der Waals surface area contributed by atoms with Crippen molar-refractivity contribution < 1.29 is 4.79 Å².